The Labute approximate surface area is 159 Å². The number of nitrogens with zero attached hydrogens (tertiary/aromatic N) is 1. The van der Waals surface area contributed by atoms with Crippen LogP contribution in [0.5, 0.6) is 0 Å². The van der Waals surface area contributed by atoms with Crippen molar-refractivity contribution in [2.45, 2.75) is 12.6 Å². The van der Waals surface area contributed by atoms with Gasteiger partial charge in [0.25, 0.3) is 5.56 Å². The SMILES string of the molecule is O=CN(CCc1ccc[nH]c1=O)c1ccc(-c2ccc(C(F)(F)F)cc2)cc1. The minimum absolute atomic E-state index is 0.189. The molecule has 0 radical (unpaired) electrons. The Morgan fingerprint density at radius 1 is 0.929 bits per heavy atom. The number of H-pyrrole nitrogens is 1. The summed E-state index contributed by atoms with van der Waals surface area (Å²) in [5, 5.41) is 0. The van der Waals surface area contributed by atoms with Crippen LogP contribution in [-0.4, -0.2) is 17.9 Å². The molecule has 144 valence electrons. The summed E-state index contributed by atoms with van der Waals surface area (Å²) in [5.41, 5.74) is 1.71. The molecule has 1 aromatic heterocycles. The summed E-state index contributed by atoms with van der Waals surface area (Å²) in [6, 6.07) is 15.3. The van der Waals surface area contributed by atoms with E-state index in [2.05, 4.69) is 4.98 Å². The van der Waals surface area contributed by atoms with Crippen molar-refractivity contribution in [1.29, 1.82) is 0 Å². The molecule has 0 spiro atoms. The number of nitrogens with one attached hydrogen (secondary N) is 1. The lowest BCUT2D eigenvalue weighted by Crippen LogP contribution is -2.26. The first-order chi connectivity index (χ1) is 13.4. The Hall–Kier alpha value is -3.35. The molecule has 0 aliphatic carbocycles. The van der Waals surface area contributed by atoms with Crippen LogP contribution < -0.4 is 10.5 Å². The van der Waals surface area contributed by atoms with E-state index in [1.165, 1.54) is 17.0 Å². The number of carbonyl (C=O) groups is 1. The number of amides is 1. The van der Waals surface area contributed by atoms with Crippen molar-refractivity contribution in [2.24, 2.45) is 0 Å². The Morgan fingerprint density at radius 3 is 2.07 bits per heavy atom. The van der Waals surface area contributed by atoms with Gasteiger partial charge >= 0.3 is 6.18 Å². The second-order valence-electron chi connectivity index (χ2n) is 6.20. The third-order valence-corrected chi connectivity index (χ3v) is 4.39. The van der Waals surface area contributed by atoms with Crippen LogP contribution in [0.2, 0.25) is 0 Å². The van der Waals surface area contributed by atoms with Crippen molar-refractivity contribution in [3.05, 3.63) is 88.3 Å². The van der Waals surface area contributed by atoms with E-state index in [-0.39, 0.29) is 5.56 Å². The number of alkyl halides is 3. The molecule has 0 atom stereocenters. The highest BCUT2D eigenvalue weighted by Gasteiger charge is 2.29. The fraction of sp³-hybridized carbons (Fsp3) is 0.143. The van der Waals surface area contributed by atoms with Crippen LogP contribution in [0.3, 0.4) is 0 Å². The second-order valence-corrected chi connectivity index (χ2v) is 6.20. The molecule has 28 heavy (non-hydrogen) atoms. The fourth-order valence-electron chi connectivity index (χ4n) is 2.83. The Morgan fingerprint density at radius 2 is 1.54 bits per heavy atom. The van der Waals surface area contributed by atoms with E-state index in [0.29, 0.717) is 36.2 Å². The first kappa shape index (κ1) is 19.4. The van der Waals surface area contributed by atoms with Gasteiger partial charge in [-0.1, -0.05) is 30.3 Å². The first-order valence-electron chi connectivity index (χ1n) is 8.55. The summed E-state index contributed by atoms with van der Waals surface area (Å²) in [7, 11) is 0. The van der Waals surface area contributed by atoms with E-state index in [0.717, 1.165) is 17.7 Å². The van der Waals surface area contributed by atoms with E-state index < -0.39 is 11.7 Å². The number of pyridine rings is 1. The lowest BCUT2D eigenvalue weighted by Gasteiger charge is -2.17. The molecule has 4 nitrogen and oxygen atoms in total. The number of aromatic nitrogens is 1. The number of halogens is 3. The summed E-state index contributed by atoms with van der Waals surface area (Å²) < 4.78 is 38.0. The molecule has 0 unspecified atom stereocenters. The van der Waals surface area contributed by atoms with Crippen LogP contribution in [-0.2, 0) is 17.4 Å². The quantitative estimate of drug-likeness (QED) is 0.644. The zero-order valence-corrected chi connectivity index (χ0v) is 14.7. The minimum Gasteiger partial charge on any atom is -0.329 e. The van der Waals surface area contributed by atoms with Crippen LogP contribution in [0.25, 0.3) is 11.1 Å². The van der Waals surface area contributed by atoms with Crippen molar-refractivity contribution in [2.75, 3.05) is 11.4 Å². The molecule has 0 fully saturated rings. The summed E-state index contributed by atoms with van der Waals surface area (Å²) in [6.07, 6.45) is -1.74. The molecule has 2 aromatic carbocycles. The standard InChI is InChI=1S/C21H17F3N2O2/c22-21(23,24)18-7-3-15(4-8-18)16-5-9-19(10-6-16)26(14-27)13-11-17-2-1-12-25-20(17)28/h1-10,12,14H,11,13H2,(H,25,28). The third-order valence-electron chi connectivity index (χ3n) is 4.39. The average molecular weight is 386 g/mol. The summed E-state index contributed by atoms with van der Waals surface area (Å²) in [6.45, 7) is 0.330. The number of hydrogen-bond donors (Lipinski definition) is 1. The van der Waals surface area contributed by atoms with Gasteiger partial charge in [0.15, 0.2) is 0 Å². The molecule has 0 aliphatic heterocycles. The van der Waals surface area contributed by atoms with Gasteiger partial charge in [0.2, 0.25) is 6.41 Å². The number of aromatic amines is 1. The molecule has 7 heteroatoms. The van der Waals surface area contributed by atoms with Gasteiger partial charge in [0, 0.05) is 24.0 Å². The van der Waals surface area contributed by atoms with Crippen molar-refractivity contribution in [3.63, 3.8) is 0 Å². The highest BCUT2D eigenvalue weighted by molar-refractivity contribution is 5.77. The predicted molar refractivity (Wildman–Crippen MR) is 101 cm³/mol. The first-order valence-corrected chi connectivity index (χ1v) is 8.55. The zero-order valence-electron chi connectivity index (χ0n) is 14.7. The van der Waals surface area contributed by atoms with Crippen molar-refractivity contribution >= 4 is 12.1 Å². The molecule has 1 amide bonds. The number of hydrogen-bond acceptors (Lipinski definition) is 2. The third kappa shape index (κ3) is 4.49. The lowest BCUT2D eigenvalue weighted by atomic mass is 10.0. The van der Waals surface area contributed by atoms with Gasteiger partial charge in [0.1, 0.15) is 0 Å². The summed E-state index contributed by atoms with van der Waals surface area (Å²) in [4.78, 5) is 27.2. The molecule has 1 heterocycles. The smallest absolute Gasteiger partial charge is 0.329 e. The van der Waals surface area contributed by atoms with Crippen LogP contribution in [0.15, 0.2) is 71.7 Å². The number of carbonyl (C=O) groups excluding carboxylic acids is 1. The molecule has 0 bridgehead atoms. The van der Waals surface area contributed by atoms with Crippen molar-refractivity contribution in [1.82, 2.24) is 4.98 Å². The lowest BCUT2D eigenvalue weighted by molar-refractivity contribution is -0.137. The zero-order chi connectivity index (χ0) is 20.1. The highest BCUT2D eigenvalue weighted by Crippen LogP contribution is 2.31. The maximum Gasteiger partial charge on any atom is 0.416 e. The minimum atomic E-state index is -4.37. The average Bonchev–Trinajstić information content (AvgIpc) is 2.70. The molecule has 0 saturated heterocycles. The van der Waals surface area contributed by atoms with E-state index in [9.17, 15) is 22.8 Å². The maximum atomic E-state index is 12.7. The second kappa shape index (κ2) is 8.12. The molecular formula is C21H17F3N2O2. The van der Waals surface area contributed by atoms with Crippen LogP contribution in [0.4, 0.5) is 18.9 Å². The van der Waals surface area contributed by atoms with E-state index >= 15 is 0 Å². The molecule has 3 rings (SSSR count). The molecule has 3 aromatic rings. The van der Waals surface area contributed by atoms with Gasteiger partial charge in [-0.25, -0.2) is 0 Å². The Balaban J connectivity index is 1.72. The Bertz CT molecular complexity index is 994. The normalized spacial score (nSPS) is 11.2. The van der Waals surface area contributed by atoms with Crippen molar-refractivity contribution in [3.8, 4) is 11.1 Å². The van der Waals surface area contributed by atoms with Gasteiger partial charge in [-0.05, 0) is 47.9 Å². The topological polar surface area (TPSA) is 53.2 Å². The van der Waals surface area contributed by atoms with Gasteiger partial charge in [0.05, 0.1) is 5.56 Å². The largest absolute Gasteiger partial charge is 0.416 e. The van der Waals surface area contributed by atoms with Gasteiger partial charge in [-0.3, -0.25) is 9.59 Å². The summed E-state index contributed by atoms with van der Waals surface area (Å²) >= 11 is 0. The number of anilines is 1. The number of rotatable bonds is 6. The van der Waals surface area contributed by atoms with Gasteiger partial charge < -0.3 is 9.88 Å². The van der Waals surface area contributed by atoms with Crippen LogP contribution in [0.1, 0.15) is 11.1 Å². The molecule has 1 N–H and O–H groups in total. The van der Waals surface area contributed by atoms with Crippen LogP contribution in [0, 0.1) is 0 Å². The summed E-state index contributed by atoms with van der Waals surface area (Å²) in [5.74, 6) is 0. The van der Waals surface area contributed by atoms with E-state index in [4.69, 9.17) is 0 Å². The van der Waals surface area contributed by atoms with Gasteiger partial charge in [-0.2, -0.15) is 13.2 Å². The van der Waals surface area contributed by atoms with Crippen molar-refractivity contribution < 1.29 is 18.0 Å². The van der Waals surface area contributed by atoms with E-state index in [1.54, 1.807) is 42.6 Å². The fourth-order valence-corrected chi connectivity index (χ4v) is 2.83. The number of benzene rings is 2. The highest BCUT2D eigenvalue weighted by atomic mass is 19.4. The molecule has 0 aliphatic rings. The van der Waals surface area contributed by atoms with E-state index in [1.807, 2.05) is 0 Å². The Kier molecular flexibility index (Phi) is 5.63. The van der Waals surface area contributed by atoms with Gasteiger partial charge in [-0.15, -0.1) is 0 Å². The maximum absolute atomic E-state index is 12.7. The molecule has 0 saturated carbocycles. The van der Waals surface area contributed by atoms with Crippen LogP contribution >= 0.6 is 0 Å². The monoisotopic (exact) mass is 386 g/mol. The molecular weight excluding hydrogens is 369 g/mol. The predicted octanol–water partition coefficient (Wildman–Crippen LogP) is 4.27.